The lowest BCUT2D eigenvalue weighted by atomic mass is 9.91. The number of likely N-dealkylation sites (tertiary alicyclic amines) is 2. The summed E-state index contributed by atoms with van der Waals surface area (Å²) in [5, 5.41) is 1.09. The number of hydrogen-bond donors (Lipinski definition) is 1. The van der Waals surface area contributed by atoms with Crippen LogP contribution in [0.5, 0.6) is 0 Å². The fourth-order valence-electron chi connectivity index (χ4n) is 4.39. The van der Waals surface area contributed by atoms with Gasteiger partial charge in [-0.15, -0.1) is 0 Å². The number of fused-ring (bicyclic) bond motifs is 1. The molecule has 0 saturated carbocycles. The molecule has 4 rings (SSSR count). The quantitative estimate of drug-likeness (QED) is 0.906. The van der Waals surface area contributed by atoms with Crippen molar-refractivity contribution in [3.63, 3.8) is 0 Å². The normalized spacial score (nSPS) is 20.3. The molecule has 5 nitrogen and oxygen atoms in total. The SMILES string of the molecule is CC1CCN(CC(=O)N2CCC(c3nc4ccccc4cc3N)CC2)CC1. The van der Waals surface area contributed by atoms with Crippen LogP contribution in [0.3, 0.4) is 0 Å². The summed E-state index contributed by atoms with van der Waals surface area (Å²) in [6.45, 7) is 6.61. The first-order valence-corrected chi connectivity index (χ1v) is 10.3. The van der Waals surface area contributed by atoms with E-state index >= 15 is 0 Å². The number of amides is 1. The Labute approximate surface area is 161 Å². The molecule has 2 saturated heterocycles. The molecule has 2 aliphatic rings. The fourth-order valence-corrected chi connectivity index (χ4v) is 4.39. The molecule has 27 heavy (non-hydrogen) atoms. The summed E-state index contributed by atoms with van der Waals surface area (Å²) < 4.78 is 0. The molecule has 0 atom stereocenters. The van der Waals surface area contributed by atoms with E-state index in [0.717, 1.165) is 67.2 Å². The molecule has 0 radical (unpaired) electrons. The molecule has 0 unspecified atom stereocenters. The van der Waals surface area contributed by atoms with Crippen molar-refractivity contribution in [1.82, 2.24) is 14.8 Å². The van der Waals surface area contributed by atoms with E-state index in [2.05, 4.69) is 11.8 Å². The Morgan fingerprint density at radius 3 is 2.56 bits per heavy atom. The highest BCUT2D eigenvalue weighted by Crippen LogP contribution is 2.32. The monoisotopic (exact) mass is 366 g/mol. The molecule has 2 N–H and O–H groups in total. The number of pyridine rings is 1. The number of rotatable bonds is 3. The third-order valence-electron chi connectivity index (χ3n) is 6.25. The lowest BCUT2D eigenvalue weighted by Crippen LogP contribution is -2.45. The number of nitrogens with two attached hydrogens (primary N) is 1. The van der Waals surface area contributed by atoms with Crippen molar-refractivity contribution >= 4 is 22.5 Å². The second-order valence-corrected chi connectivity index (χ2v) is 8.27. The predicted molar refractivity (Wildman–Crippen MR) is 110 cm³/mol. The third-order valence-corrected chi connectivity index (χ3v) is 6.25. The van der Waals surface area contributed by atoms with Crippen molar-refractivity contribution in [1.29, 1.82) is 0 Å². The topological polar surface area (TPSA) is 62.5 Å². The molecule has 1 amide bonds. The Balaban J connectivity index is 1.36. The molecular formula is C22H30N4O. The van der Waals surface area contributed by atoms with Crippen LogP contribution in [0, 0.1) is 5.92 Å². The van der Waals surface area contributed by atoms with Crippen molar-refractivity contribution in [2.75, 3.05) is 38.5 Å². The zero-order valence-corrected chi connectivity index (χ0v) is 16.2. The molecule has 0 aliphatic carbocycles. The maximum Gasteiger partial charge on any atom is 0.236 e. The zero-order chi connectivity index (χ0) is 18.8. The maximum atomic E-state index is 12.7. The summed E-state index contributed by atoms with van der Waals surface area (Å²) in [4.78, 5) is 21.9. The average molecular weight is 367 g/mol. The van der Waals surface area contributed by atoms with Gasteiger partial charge in [-0.3, -0.25) is 14.7 Å². The van der Waals surface area contributed by atoms with Gasteiger partial charge in [0.1, 0.15) is 0 Å². The largest absolute Gasteiger partial charge is 0.397 e. The molecule has 1 aromatic carbocycles. The minimum absolute atomic E-state index is 0.280. The van der Waals surface area contributed by atoms with Gasteiger partial charge in [0.05, 0.1) is 23.4 Å². The van der Waals surface area contributed by atoms with Crippen LogP contribution < -0.4 is 5.73 Å². The van der Waals surface area contributed by atoms with E-state index in [1.165, 1.54) is 12.8 Å². The van der Waals surface area contributed by atoms with Gasteiger partial charge < -0.3 is 10.6 Å². The van der Waals surface area contributed by atoms with Crippen molar-refractivity contribution < 1.29 is 4.79 Å². The highest BCUT2D eigenvalue weighted by molar-refractivity contribution is 5.82. The lowest BCUT2D eigenvalue weighted by molar-refractivity contribution is -0.133. The van der Waals surface area contributed by atoms with Crippen molar-refractivity contribution in [3.8, 4) is 0 Å². The highest BCUT2D eigenvalue weighted by Gasteiger charge is 2.27. The van der Waals surface area contributed by atoms with E-state index < -0.39 is 0 Å². The van der Waals surface area contributed by atoms with Crippen LogP contribution >= 0.6 is 0 Å². The van der Waals surface area contributed by atoms with Gasteiger partial charge in [-0.1, -0.05) is 25.1 Å². The maximum absolute atomic E-state index is 12.7. The van der Waals surface area contributed by atoms with E-state index in [1.54, 1.807) is 0 Å². The van der Waals surface area contributed by atoms with Crippen LogP contribution in [0.25, 0.3) is 10.9 Å². The smallest absolute Gasteiger partial charge is 0.236 e. The number of nitrogens with zero attached hydrogens (tertiary/aromatic N) is 3. The molecule has 2 aromatic rings. The number of carbonyl (C=O) groups is 1. The van der Waals surface area contributed by atoms with Gasteiger partial charge in [-0.25, -0.2) is 0 Å². The van der Waals surface area contributed by atoms with E-state index in [1.807, 2.05) is 35.2 Å². The number of para-hydroxylation sites is 1. The summed E-state index contributed by atoms with van der Waals surface area (Å²) in [5.74, 6) is 1.42. The van der Waals surface area contributed by atoms with Crippen LogP contribution in [-0.2, 0) is 4.79 Å². The minimum Gasteiger partial charge on any atom is -0.397 e. The number of carbonyl (C=O) groups excluding carboxylic acids is 1. The van der Waals surface area contributed by atoms with E-state index in [-0.39, 0.29) is 5.91 Å². The molecular weight excluding hydrogens is 336 g/mol. The summed E-state index contributed by atoms with van der Waals surface area (Å²) in [6, 6.07) is 10.1. The van der Waals surface area contributed by atoms with Gasteiger partial charge in [0.25, 0.3) is 0 Å². The van der Waals surface area contributed by atoms with Crippen LogP contribution in [0.4, 0.5) is 5.69 Å². The summed E-state index contributed by atoms with van der Waals surface area (Å²) in [5.41, 5.74) is 9.08. The molecule has 2 fully saturated rings. The van der Waals surface area contributed by atoms with Gasteiger partial charge in [-0.2, -0.15) is 0 Å². The molecule has 144 valence electrons. The average Bonchev–Trinajstić information content (AvgIpc) is 2.69. The van der Waals surface area contributed by atoms with Crippen LogP contribution in [0.1, 0.15) is 44.2 Å². The second kappa shape index (κ2) is 7.85. The zero-order valence-electron chi connectivity index (χ0n) is 16.2. The van der Waals surface area contributed by atoms with Gasteiger partial charge in [0, 0.05) is 24.4 Å². The van der Waals surface area contributed by atoms with Gasteiger partial charge in [0.2, 0.25) is 5.91 Å². The van der Waals surface area contributed by atoms with E-state index in [4.69, 9.17) is 10.7 Å². The summed E-state index contributed by atoms with van der Waals surface area (Å²) in [7, 11) is 0. The second-order valence-electron chi connectivity index (χ2n) is 8.27. The van der Waals surface area contributed by atoms with Gasteiger partial charge in [-0.05, 0) is 56.8 Å². The highest BCUT2D eigenvalue weighted by atomic mass is 16.2. The molecule has 0 bridgehead atoms. The Hall–Kier alpha value is -2.14. The minimum atomic E-state index is 0.280. The Bertz CT molecular complexity index is 805. The number of anilines is 1. The number of hydrogen-bond acceptors (Lipinski definition) is 4. The molecule has 0 spiro atoms. The standard InChI is InChI=1S/C22H30N4O/c1-16-6-10-25(11-7-16)15-21(27)26-12-8-17(9-13-26)22-19(23)14-18-4-2-3-5-20(18)24-22/h2-5,14,16-17H,6-13,15,23H2,1H3. The van der Waals surface area contributed by atoms with E-state index in [0.29, 0.717) is 12.5 Å². The first-order chi connectivity index (χ1) is 13.1. The third kappa shape index (κ3) is 4.08. The van der Waals surface area contributed by atoms with Crippen LogP contribution in [-0.4, -0.2) is 53.4 Å². The Morgan fingerprint density at radius 2 is 1.81 bits per heavy atom. The Kier molecular flexibility index (Phi) is 5.30. The summed E-state index contributed by atoms with van der Waals surface area (Å²) in [6.07, 6.45) is 4.31. The number of nitrogen functional groups attached to an aromatic ring is 1. The van der Waals surface area contributed by atoms with Crippen LogP contribution in [0.2, 0.25) is 0 Å². The fraction of sp³-hybridized carbons (Fsp3) is 0.545. The van der Waals surface area contributed by atoms with Gasteiger partial charge in [0.15, 0.2) is 0 Å². The number of piperidine rings is 2. The van der Waals surface area contributed by atoms with E-state index in [9.17, 15) is 4.79 Å². The number of aromatic nitrogens is 1. The first kappa shape index (κ1) is 18.2. The van der Waals surface area contributed by atoms with Crippen LogP contribution in [0.15, 0.2) is 30.3 Å². The Morgan fingerprint density at radius 1 is 1.11 bits per heavy atom. The summed E-state index contributed by atoms with van der Waals surface area (Å²) >= 11 is 0. The molecule has 1 aromatic heterocycles. The van der Waals surface area contributed by atoms with Crippen molar-refractivity contribution in [3.05, 3.63) is 36.0 Å². The molecule has 5 heteroatoms. The molecule has 2 aliphatic heterocycles. The van der Waals surface area contributed by atoms with Gasteiger partial charge >= 0.3 is 0 Å². The van der Waals surface area contributed by atoms with Crippen molar-refractivity contribution in [2.24, 2.45) is 5.92 Å². The predicted octanol–water partition coefficient (Wildman–Crippen LogP) is 3.25. The lowest BCUT2D eigenvalue weighted by Gasteiger charge is -2.35. The number of benzene rings is 1. The first-order valence-electron chi connectivity index (χ1n) is 10.3. The van der Waals surface area contributed by atoms with Crippen molar-refractivity contribution in [2.45, 2.75) is 38.5 Å². The molecule has 3 heterocycles.